The third-order valence-electron chi connectivity index (χ3n) is 4.36. The number of hydroxylamine groups is 2. The number of esters is 1. The van der Waals surface area contributed by atoms with E-state index in [0.29, 0.717) is 10.6 Å². The number of hydrogen-bond acceptors (Lipinski definition) is 10. The van der Waals surface area contributed by atoms with Gasteiger partial charge in [-0.2, -0.15) is 0 Å². The number of hydrogen-bond donors (Lipinski definition) is 0. The molecule has 33 heavy (non-hydrogen) atoms. The molecule has 1 aliphatic heterocycles. The van der Waals surface area contributed by atoms with Gasteiger partial charge in [0.25, 0.3) is 17.5 Å². The van der Waals surface area contributed by atoms with Crippen LogP contribution >= 0.6 is 0 Å². The molecule has 0 aromatic heterocycles. The van der Waals surface area contributed by atoms with Crippen molar-refractivity contribution >= 4 is 29.6 Å². The van der Waals surface area contributed by atoms with Crippen molar-refractivity contribution < 1.29 is 43.1 Å². The molecular formula is C21H18N2O10. The summed E-state index contributed by atoms with van der Waals surface area (Å²) < 4.78 is 15.3. The Labute approximate surface area is 186 Å². The van der Waals surface area contributed by atoms with E-state index in [-0.39, 0.29) is 49.7 Å². The van der Waals surface area contributed by atoms with Crippen molar-refractivity contribution in [2.24, 2.45) is 0 Å². The molecule has 12 heteroatoms. The minimum Gasteiger partial charge on any atom is -0.490 e. The van der Waals surface area contributed by atoms with Crippen LogP contribution in [0.1, 0.15) is 28.8 Å². The lowest BCUT2D eigenvalue weighted by Gasteiger charge is -2.13. The van der Waals surface area contributed by atoms with Crippen LogP contribution in [0, 0.1) is 10.1 Å². The molecule has 172 valence electrons. The van der Waals surface area contributed by atoms with Crippen LogP contribution in [0.2, 0.25) is 0 Å². The summed E-state index contributed by atoms with van der Waals surface area (Å²) in [5, 5.41) is 11.6. The molecule has 2 aromatic rings. The van der Waals surface area contributed by atoms with E-state index in [0.717, 1.165) is 0 Å². The molecular weight excluding hydrogens is 440 g/mol. The van der Waals surface area contributed by atoms with Gasteiger partial charge < -0.3 is 14.2 Å². The van der Waals surface area contributed by atoms with Gasteiger partial charge in [-0.05, 0) is 24.3 Å². The summed E-state index contributed by atoms with van der Waals surface area (Å²) in [6.45, 7) is -0.801. The monoisotopic (exact) mass is 458 g/mol. The molecule has 1 fully saturated rings. The Morgan fingerprint density at radius 2 is 1.67 bits per heavy atom. The first-order valence-corrected chi connectivity index (χ1v) is 9.68. The van der Waals surface area contributed by atoms with E-state index < -0.39 is 28.9 Å². The lowest BCUT2D eigenvalue weighted by molar-refractivity contribution is -0.385. The summed E-state index contributed by atoms with van der Waals surface area (Å²) in [6, 6.07) is 12.0. The fourth-order valence-corrected chi connectivity index (χ4v) is 2.79. The maximum absolute atomic E-state index is 12.1. The van der Waals surface area contributed by atoms with Crippen molar-refractivity contribution in [3.05, 3.63) is 69.8 Å². The molecule has 1 aliphatic rings. The quantitative estimate of drug-likeness (QED) is 0.180. The maximum Gasteiger partial charge on any atom is 0.534 e. The highest BCUT2D eigenvalue weighted by Gasteiger charge is 2.33. The molecule has 0 N–H and O–H groups in total. The third kappa shape index (κ3) is 6.26. The Morgan fingerprint density at radius 3 is 2.33 bits per heavy atom. The Hall–Kier alpha value is -4.48. The highest BCUT2D eigenvalue weighted by molar-refractivity contribution is 6.01. The lowest BCUT2D eigenvalue weighted by atomic mass is 10.2. The standard InChI is InChI=1S/C21H18N2O10/c24-18-8-9-19(25)22(18)33-21(27)31-11-10-30-16-6-7-17(23(28)29)15(12-16)13-32-20(26)14-4-2-1-3-5-14/h1-7,12H,8-11,13H2. The zero-order valence-corrected chi connectivity index (χ0v) is 17.1. The Morgan fingerprint density at radius 1 is 0.970 bits per heavy atom. The molecule has 0 aliphatic carbocycles. The number of imide groups is 1. The largest absolute Gasteiger partial charge is 0.534 e. The third-order valence-corrected chi connectivity index (χ3v) is 4.36. The van der Waals surface area contributed by atoms with E-state index in [4.69, 9.17) is 14.2 Å². The van der Waals surface area contributed by atoms with Gasteiger partial charge in [-0.15, -0.1) is 0 Å². The number of benzene rings is 2. The maximum atomic E-state index is 12.1. The number of amides is 2. The fraction of sp³-hybridized carbons (Fsp3) is 0.238. The predicted molar refractivity (Wildman–Crippen MR) is 108 cm³/mol. The van der Waals surface area contributed by atoms with Gasteiger partial charge in [0.15, 0.2) is 0 Å². The molecule has 0 atom stereocenters. The predicted octanol–water partition coefficient (Wildman–Crippen LogP) is 2.55. The first-order chi connectivity index (χ1) is 15.8. The summed E-state index contributed by atoms with van der Waals surface area (Å²) >= 11 is 0. The van der Waals surface area contributed by atoms with Crippen LogP contribution in [0.5, 0.6) is 5.75 Å². The van der Waals surface area contributed by atoms with Crippen molar-refractivity contribution in [2.75, 3.05) is 13.2 Å². The first kappa shape index (κ1) is 23.2. The van der Waals surface area contributed by atoms with Crippen molar-refractivity contribution in [1.29, 1.82) is 0 Å². The normalized spacial score (nSPS) is 12.9. The van der Waals surface area contributed by atoms with Crippen LogP contribution in [-0.4, -0.2) is 47.1 Å². The lowest BCUT2D eigenvalue weighted by Crippen LogP contribution is -2.32. The van der Waals surface area contributed by atoms with E-state index in [9.17, 15) is 29.3 Å². The Balaban J connectivity index is 1.51. The summed E-state index contributed by atoms with van der Waals surface area (Å²) in [7, 11) is 0. The van der Waals surface area contributed by atoms with Crippen LogP contribution in [0.4, 0.5) is 10.5 Å². The zero-order chi connectivity index (χ0) is 23.8. The van der Waals surface area contributed by atoms with Gasteiger partial charge in [-0.25, -0.2) is 9.59 Å². The Kier molecular flexibility index (Phi) is 7.52. The van der Waals surface area contributed by atoms with Gasteiger partial charge in [-0.3, -0.25) is 24.5 Å². The van der Waals surface area contributed by atoms with Gasteiger partial charge in [0.05, 0.1) is 16.1 Å². The highest BCUT2D eigenvalue weighted by Crippen LogP contribution is 2.25. The minimum absolute atomic E-state index is 0.0433. The number of nitro benzene ring substituents is 1. The molecule has 0 unspecified atom stereocenters. The molecule has 1 saturated heterocycles. The number of nitrogens with zero attached hydrogens (tertiary/aromatic N) is 2. The molecule has 2 aromatic carbocycles. The van der Waals surface area contributed by atoms with E-state index >= 15 is 0 Å². The molecule has 0 radical (unpaired) electrons. The van der Waals surface area contributed by atoms with E-state index in [1.54, 1.807) is 30.3 Å². The number of carbonyl (C=O) groups excluding carboxylic acids is 4. The summed E-state index contributed by atoms with van der Waals surface area (Å²) in [6.07, 6.45) is -1.34. The van der Waals surface area contributed by atoms with E-state index in [1.807, 2.05) is 0 Å². The smallest absolute Gasteiger partial charge is 0.490 e. The van der Waals surface area contributed by atoms with Crippen LogP contribution in [-0.2, 0) is 30.5 Å². The van der Waals surface area contributed by atoms with Gasteiger partial charge in [0.2, 0.25) is 0 Å². The molecule has 2 amide bonds. The summed E-state index contributed by atoms with van der Waals surface area (Å²) in [4.78, 5) is 61.6. The second-order valence-corrected chi connectivity index (χ2v) is 6.61. The van der Waals surface area contributed by atoms with Gasteiger partial charge >= 0.3 is 12.1 Å². The van der Waals surface area contributed by atoms with Crippen LogP contribution in [0.3, 0.4) is 0 Å². The summed E-state index contributed by atoms with van der Waals surface area (Å²) in [5.74, 6) is -1.72. The van der Waals surface area contributed by atoms with Crippen LogP contribution in [0.25, 0.3) is 0 Å². The van der Waals surface area contributed by atoms with E-state index in [2.05, 4.69) is 4.84 Å². The molecule has 12 nitrogen and oxygen atoms in total. The first-order valence-electron chi connectivity index (χ1n) is 9.68. The number of carbonyl (C=O) groups is 4. The van der Waals surface area contributed by atoms with Gasteiger partial charge in [0.1, 0.15) is 25.6 Å². The SMILES string of the molecule is O=C(OCCOc1ccc([N+](=O)[O-])c(COC(=O)c2ccccc2)c1)ON1C(=O)CCC1=O. The zero-order valence-electron chi connectivity index (χ0n) is 17.1. The van der Waals surface area contributed by atoms with Crippen molar-refractivity contribution in [3.63, 3.8) is 0 Å². The average Bonchev–Trinajstić information content (AvgIpc) is 3.12. The molecule has 1 heterocycles. The average molecular weight is 458 g/mol. The summed E-state index contributed by atoms with van der Waals surface area (Å²) in [5.41, 5.74) is 0.144. The Bertz CT molecular complexity index is 1050. The van der Waals surface area contributed by atoms with Gasteiger partial charge in [-0.1, -0.05) is 23.3 Å². The van der Waals surface area contributed by atoms with Crippen LogP contribution < -0.4 is 4.74 Å². The number of ether oxygens (including phenoxy) is 3. The highest BCUT2D eigenvalue weighted by atomic mass is 16.8. The second kappa shape index (κ2) is 10.7. The fourth-order valence-electron chi connectivity index (χ4n) is 2.79. The molecule has 0 saturated carbocycles. The van der Waals surface area contributed by atoms with Crippen molar-refractivity contribution in [1.82, 2.24) is 5.06 Å². The van der Waals surface area contributed by atoms with Gasteiger partial charge in [0, 0.05) is 18.9 Å². The molecule has 0 spiro atoms. The van der Waals surface area contributed by atoms with Crippen molar-refractivity contribution in [2.45, 2.75) is 19.4 Å². The van der Waals surface area contributed by atoms with E-state index in [1.165, 1.54) is 18.2 Å². The molecule has 0 bridgehead atoms. The molecule has 3 rings (SSSR count). The minimum atomic E-state index is -1.25. The number of rotatable bonds is 9. The number of nitro groups is 1. The van der Waals surface area contributed by atoms with Crippen LogP contribution in [0.15, 0.2) is 48.5 Å². The van der Waals surface area contributed by atoms with Crippen molar-refractivity contribution in [3.8, 4) is 5.75 Å². The topological polar surface area (TPSA) is 152 Å². The second-order valence-electron chi connectivity index (χ2n) is 6.61.